The largest absolute Gasteiger partial charge is 0.334 e. The number of carbonyl (C=O) groups excluding carboxylic acids is 1. The van der Waals surface area contributed by atoms with Gasteiger partial charge >= 0.3 is 0 Å². The van der Waals surface area contributed by atoms with Crippen LogP contribution in [0.1, 0.15) is 35.5 Å². The lowest BCUT2D eigenvalue weighted by Crippen LogP contribution is -2.40. The number of aromatic nitrogens is 2. The molecular weight excluding hydrogens is 342 g/mol. The molecule has 7 nitrogen and oxygen atoms in total. The molecule has 0 atom stereocenters. The summed E-state index contributed by atoms with van der Waals surface area (Å²) in [6, 6.07) is 6.21. The maximum Gasteiger partial charge on any atom is 0.255 e. The Morgan fingerprint density at radius 2 is 2.00 bits per heavy atom. The minimum Gasteiger partial charge on any atom is -0.334 e. The Bertz CT molecular complexity index is 979. The first-order valence-electron chi connectivity index (χ1n) is 8.00. The lowest BCUT2D eigenvalue weighted by molar-refractivity contribution is 0.0728. The van der Waals surface area contributed by atoms with Gasteiger partial charge in [0.15, 0.2) is 9.84 Å². The van der Waals surface area contributed by atoms with Crippen LogP contribution in [0.5, 0.6) is 0 Å². The van der Waals surface area contributed by atoms with Crippen LogP contribution in [0.25, 0.3) is 0 Å². The number of aromatic amines is 1. The molecule has 2 heterocycles. The average molecular weight is 361 g/mol. The highest BCUT2D eigenvalue weighted by atomic mass is 32.2. The Labute approximate surface area is 145 Å². The molecule has 8 heteroatoms. The van der Waals surface area contributed by atoms with Crippen LogP contribution in [0.15, 0.2) is 40.3 Å². The topological polar surface area (TPSA) is 100 Å². The summed E-state index contributed by atoms with van der Waals surface area (Å²) in [6.45, 7) is 3.67. The molecule has 0 saturated carbocycles. The van der Waals surface area contributed by atoms with Crippen molar-refractivity contribution in [2.45, 2.75) is 37.0 Å². The van der Waals surface area contributed by atoms with Crippen LogP contribution >= 0.6 is 0 Å². The molecule has 0 unspecified atom stereocenters. The summed E-state index contributed by atoms with van der Waals surface area (Å²) < 4.78 is 25.1. The van der Waals surface area contributed by atoms with E-state index in [2.05, 4.69) is 9.97 Å². The molecule has 25 heavy (non-hydrogen) atoms. The highest BCUT2D eigenvalue weighted by molar-refractivity contribution is 7.92. The van der Waals surface area contributed by atoms with Crippen LogP contribution in [-0.2, 0) is 22.8 Å². The molecule has 1 aliphatic heterocycles. The predicted molar refractivity (Wildman–Crippen MR) is 92.1 cm³/mol. The average Bonchev–Trinajstić information content (AvgIpc) is 2.61. The van der Waals surface area contributed by atoms with Crippen molar-refractivity contribution < 1.29 is 13.2 Å². The molecular formula is C17H19N3O4S. The maximum atomic E-state index is 12.9. The third-order valence-electron chi connectivity index (χ3n) is 4.34. The number of rotatable bonds is 3. The van der Waals surface area contributed by atoms with Gasteiger partial charge in [-0.25, -0.2) is 13.4 Å². The summed E-state index contributed by atoms with van der Waals surface area (Å²) >= 11 is 0. The molecule has 1 aliphatic rings. The Balaban J connectivity index is 1.99. The van der Waals surface area contributed by atoms with Crippen molar-refractivity contribution >= 4 is 15.7 Å². The third kappa shape index (κ3) is 3.09. The summed E-state index contributed by atoms with van der Waals surface area (Å²) in [4.78, 5) is 33.1. The summed E-state index contributed by atoms with van der Waals surface area (Å²) in [7, 11) is -3.59. The fourth-order valence-corrected chi connectivity index (χ4v) is 4.08. The van der Waals surface area contributed by atoms with E-state index in [0.717, 1.165) is 0 Å². The fourth-order valence-electron chi connectivity index (χ4n) is 2.84. The van der Waals surface area contributed by atoms with Crippen molar-refractivity contribution in [1.82, 2.24) is 14.9 Å². The van der Waals surface area contributed by atoms with Crippen molar-refractivity contribution in [1.29, 1.82) is 0 Å². The SMILES string of the molecule is CC(C)S(=O)(=O)c1ccccc1C(=O)N1CCc2nc[nH]c(=O)c2C1. The Morgan fingerprint density at radius 1 is 1.28 bits per heavy atom. The van der Waals surface area contributed by atoms with E-state index in [1.54, 1.807) is 26.0 Å². The molecule has 132 valence electrons. The predicted octanol–water partition coefficient (Wildman–Crippen LogP) is 1.15. The molecule has 0 aliphatic carbocycles. The number of benzene rings is 1. The standard InChI is InChI=1S/C17H19N3O4S/c1-11(2)25(23,24)15-6-4-3-5-12(15)17(22)20-8-7-14-13(9-20)16(21)19-10-18-14/h3-6,10-11H,7-9H2,1-2H3,(H,18,19,21). The highest BCUT2D eigenvalue weighted by Gasteiger charge is 2.30. The van der Waals surface area contributed by atoms with Crippen molar-refractivity contribution in [3.05, 3.63) is 57.8 Å². The number of hydrogen-bond acceptors (Lipinski definition) is 5. The number of hydrogen-bond donors (Lipinski definition) is 1. The zero-order valence-electron chi connectivity index (χ0n) is 14.0. The van der Waals surface area contributed by atoms with Crippen molar-refractivity contribution in [3.8, 4) is 0 Å². The number of carbonyl (C=O) groups is 1. The van der Waals surface area contributed by atoms with Crippen LogP contribution in [0.3, 0.4) is 0 Å². The number of sulfone groups is 1. The second-order valence-electron chi connectivity index (χ2n) is 6.22. The van der Waals surface area contributed by atoms with E-state index >= 15 is 0 Å². The summed E-state index contributed by atoms with van der Waals surface area (Å²) in [6.07, 6.45) is 1.81. The van der Waals surface area contributed by atoms with Crippen LogP contribution in [0.4, 0.5) is 0 Å². The quantitative estimate of drug-likeness (QED) is 0.884. The third-order valence-corrected chi connectivity index (χ3v) is 6.55. The van der Waals surface area contributed by atoms with E-state index in [1.165, 1.54) is 23.4 Å². The Kier molecular flexibility index (Phi) is 4.47. The number of amides is 1. The maximum absolute atomic E-state index is 12.9. The first-order chi connectivity index (χ1) is 11.8. The first kappa shape index (κ1) is 17.3. The van der Waals surface area contributed by atoms with Crippen LogP contribution in [0, 0.1) is 0 Å². The minimum absolute atomic E-state index is 0.0286. The van der Waals surface area contributed by atoms with Gasteiger partial charge in [-0.2, -0.15) is 0 Å². The van der Waals surface area contributed by atoms with E-state index in [1.807, 2.05) is 0 Å². The van der Waals surface area contributed by atoms with Gasteiger partial charge in [0.05, 0.1) is 39.8 Å². The van der Waals surface area contributed by atoms with Gasteiger partial charge in [-0.1, -0.05) is 12.1 Å². The molecule has 3 rings (SSSR count). The number of nitrogens with zero attached hydrogens (tertiary/aromatic N) is 2. The van der Waals surface area contributed by atoms with Crippen molar-refractivity contribution in [2.24, 2.45) is 0 Å². The lowest BCUT2D eigenvalue weighted by Gasteiger charge is -2.28. The van der Waals surface area contributed by atoms with Crippen LogP contribution in [-0.4, -0.2) is 41.0 Å². The minimum atomic E-state index is -3.59. The van der Waals surface area contributed by atoms with Gasteiger partial charge in [-0.3, -0.25) is 9.59 Å². The molecule has 0 saturated heterocycles. The highest BCUT2D eigenvalue weighted by Crippen LogP contribution is 2.24. The van der Waals surface area contributed by atoms with E-state index < -0.39 is 21.0 Å². The molecule has 1 amide bonds. The van der Waals surface area contributed by atoms with Crippen molar-refractivity contribution in [2.75, 3.05) is 6.54 Å². The molecule has 0 fully saturated rings. The van der Waals surface area contributed by atoms with E-state index in [-0.39, 0.29) is 22.6 Å². The fraction of sp³-hybridized carbons (Fsp3) is 0.353. The second-order valence-corrected chi connectivity index (χ2v) is 8.70. The molecule has 1 aromatic heterocycles. The molecule has 2 aromatic rings. The molecule has 1 N–H and O–H groups in total. The van der Waals surface area contributed by atoms with Gasteiger partial charge < -0.3 is 9.88 Å². The van der Waals surface area contributed by atoms with Crippen LogP contribution in [0.2, 0.25) is 0 Å². The lowest BCUT2D eigenvalue weighted by atomic mass is 10.1. The zero-order chi connectivity index (χ0) is 18.2. The van der Waals surface area contributed by atoms with Gasteiger partial charge in [0.1, 0.15) is 0 Å². The van der Waals surface area contributed by atoms with Gasteiger partial charge in [-0.05, 0) is 26.0 Å². The van der Waals surface area contributed by atoms with Gasteiger partial charge in [-0.15, -0.1) is 0 Å². The molecule has 0 bridgehead atoms. The Morgan fingerprint density at radius 3 is 2.72 bits per heavy atom. The zero-order valence-corrected chi connectivity index (χ0v) is 14.8. The van der Waals surface area contributed by atoms with Gasteiger partial charge in [0.2, 0.25) is 0 Å². The smallest absolute Gasteiger partial charge is 0.255 e. The number of fused-ring (bicyclic) bond motifs is 1. The van der Waals surface area contributed by atoms with Crippen LogP contribution < -0.4 is 5.56 Å². The molecule has 0 radical (unpaired) electrons. The summed E-state index contributed by atoms with van der Waals surface area (Å²) in [5, 5.41) is -0.629. The number of nitrogens with one attached hydrogen (secondary N) is 1. The van der Waals surface area contributed by atoms with Gasteiger partial charge in [0.25, 0.3) is 11.5 Å². The summed E-state index contributed by atoms with van der Waals surface area (Å²) in [5.74, 6) is -0.395. The summed E-state index contributed by atoms with van der Waals surface area (Å²) in [5.41, 5.74) is 0.993. The first-order valence-corrected chi connectivity index (χ1v) is 9.54. The Hall–Kier alpha value is -2.48. The van der Waals surface area contributed by atoms with Gasteiger partial charge in [0, 0.05) is 13.0 Å². The normalized spacial score (nSPS) is 14.4. The van der Waals surface area contributed by atoms with Crippen molar-refractivity contribution in [3.63, 3.8) is 0 Å². The monoisotopic (exact) mass is 361 g/mol. The second kappa shape index (κ2) is 6.44. The van der Waals surface area contributed by atoms with E-state index in [4.69, 9.17) is 0 Å². The molecule has 1 aromatic carbocycles. The number of H-pyrrole nitrogens is 1. The van der Waals surface area contributed by atoms with E-state index in [0.29, 0.717) is 24.2 Å². The molecule has 0 spiro atoms. The van der Waals surface area contributed by atoms with E-state index in [9.17, 15) is 18.0 Å².